The summed E-state index contributed by atoms with van der Waals surface area (Å²) in [5.41, 5.74) is 0. The predicted molar refractivity (Wildman–Crippen MR) is 80.3 cm³/mol. The van der Waals surface area contributed by atoms with E-state index in [1.165, 1.54) is 12.8 Å². The molecule has 0 aliphatic heterocycles. The largest absolute Gasteiger partial charge is 0.314 e. The molecule has 0 heterocycles. The Morgan fingerprint density at radius 3 is 2.89 bits per heavy atom. The van der Waals surface area contributed by atoms with Gasteiger partial charge in [0.15, 0.2) is 0 Å². The topological polar surface area (TPSA) is 29.1 Å². The third-order valence-corrected chi connectivity index (χ3v) is 6.25. The van der Waals surface area contributed by atoms with E-state index in [4.69, 9.17) is 0 Å². The number of hydrogen-bond acceptors (Lipinski definition) is 2. The minimum Gasteiger partial charge on any atom is -0.314 e. The Kier molecular flexibility index (Phi) is 5.39. The van der Waals surface area contributed by atoms with E-state index in [2.05, 4.69) is 28.2 Å². The number of halogens is 1. The molecule has 2 rings (SSSR count). The number of nitrogens with one attached hydrogen (secondary N) is 1. The van der Waals surface area contributed by atoms with Gasteiger partial charge in [0.25, 0.3) is 0 Å². The summed E-state index contributed by atoms with van der Waals surface area (Å²) in [5.74, 6) is 0. The fourth-order valence-electron chi connectivity index (χ4n) is 2.60. The lowest BCUT2D eigenvalue weighted by molar-refractivity contribution is 0.383. The van der Waals surface area contributed by atoms with Gasteiger partial charge in [-0.2, -0.15) is 0 Å². The molecule has 1 aliphatic rings. The number of hydrogen-bond donors (Lipinski definition) is 1. The highest BCUT2D eigenvalue weighted by atomic mass is 79.9. The van der Waals surface area contributed by atoms with Gasteiger partial charge in [0, 0.05) is 15.8 Å². The minimum absolute atomic E-state index is 0.293. The average Bonchev–Trinajstić information content (AvgIpc) is 2.39. The van der Waals surface area contributed by atoms with Crippen molar-refractivity contribution in [2.75, 3.05) is 6.54 Å². The molecule has 0 amide bonds. The molecule has 1 aliphatic carbocycles. The predicted octanol–water partition coefficient (Wildman–Crippen LogP) is 3.48. The summed E-state index contributed by atoms with van der Waals surface area (Å²) in [6.45, 7) is 3.13. The Hall–Kier alpha value is -0.190. The molecule has 1 fully saturated rings. The zero-order valence-electron chi connectivity index (χ0n) is 10.7. The third kappa shape index (κ3) is 3.43. The quantitative estimate of drug-likeness (QED) is 0.916. The molecule has 1 saturated carbocycles. The summed E-state index contributed by atoms with van der Waals surface area (Å²) in [6, 6.07) is 8.41. The molecule has 0 aromatic heterocycles. The molecule has 0 spiro atoms. The van der Waals surface area contributed by atoms with E-state index < -0.39 is 10.8 Å². The van der Waals surface area contributed by atoms with Gasteiger partial charge in [0.05, 0.1) is 15.7 Å². The van der Waals surface area contributed by atoms with Crippen LogP contribution in [0.2, 0.25) is 0 Å². The molecule has 0 saturated heterocycles. The highest BCUT2D eigenvalue weighted by Gasteiger charge is 2.27. The van der Waals surface area contributed by atoms with Crippen LogP contribution in [0.15, 0.2) is 33.6 Å². The van der Waals surface area contributed by atoms with Crippen LogP contribution < -0.4 is 5.32 Å². The molecule has 1 aromatic carbocycles. The van der Waals surface area contributed by atoms with E-state index in [-0.39, 0.29) is 0 Å². The number of rotatable bonds is 4. The Labute approximate surface area is 120 Å². The molecule has 3 unspecified atom stereocenters. The highest BCUT2D eigenvalue weighted by molar-refractivity contribution is 9.10. The number of benzene rings is 1. The molecule has 100 valence electrons. The maximum Gasteiger partial charge on any atom is 0.0572 e. The summed E-state index contributed by atoms with van der Waals surface area (Å²) in [4.78, 5) is 0.944. The van der Waals surface area contributed by atoms with E-state index in [9.17, 15) is 4.21 Å². The molecule has 1 N–H and O–H groups in total. The average molecular weight is 330 g/mol. The first-order valence-corrected chi connectivity index (χ1v) is 8.61. The standard InChI is InChI=1S/C14H20BrNOS/c1-2-16-11-6-5-7-12(10-11)18(17)14-9-4-3-8-13(14)15/h3-4,8-9,11-12,16H,2,5-7,10H2,1H3. The molecule has 3 atom stereocenters. The highest BCUT2D eigenvalue weighted by Crippen LogP contribution is 2.29. The van der Waals surface area contributed by atoms with E-state index in [0.717, 1.165) is 28.8 Å². The van der Waals surface area contributed by atoms with Crippen molar-refractivity contribution in [1.29, 1.82) is 0 Å². The van der Waals surface area contributed by atoms with E-state index in [1.807, 2.05) is 24.3 Å². The van der Waals surface area contributed by atoms with Gasteiger partial charge in [-0.1, -0.05) is 25.5 Å². The molecule has 4 heteroatoms. The van der Waals surface area contributed by atoms with Crippen molar-refractivity contribution in [1.82, 2.24) is 5.32 Å². The van der Waals surface area contributed by atoms with Crippen molar-refractivity contribution < 1.29 is 4.21 Å². The van der Waals surface area contributed by atoms with Gasteiger partial charge in [0.2, 0.25) is 0 Å². The Balaban J connectivity index is 2.07. The first-order chi connectivity index (χ1) is 8.72. The third-order valence-electron chi connectivity index (χ3n) is 3.48. The van der Waals surface area contributed by atoms with E-state index in [0.29, 0.717) is 11.3 Å². The van der Waals surface area contributed by atoms with Crippen LogP contribution in [0.5, 0.6) is 0 Å². The summed E-state index contributed by atoms with van der Waals surface area (Å²) >= 11 is 3.50. The van der Waals surface area contributed by atoms with Crippen molar-refractivity contribution in [3.63, 3.8) is 0 Å². The van der Waals surface area contributed by atoms with Gasteiger partial charge >= 0.3 is 0 Å². The van der Waals surface area contributed by atoms with Gasteiger partial charge < -0.3 is 5.32 Å². The lowest BCUT2D eigenvalue weighted by Gasteiger charge is -2.29. The van der Waals surface area contributed by atoms with Crippen LogP contribution >= 0.6 is 15.9 Å². The lowest BCUT2D eigenvalue weighted by atomic mass is 9.95. The second kappa shape index (κ2) is 6.83. The van der Waals surface area contributed by atoms with E-state index in [1.54, 1.807) is 0 Å². The van der Waals surface area contributed by atoms with Gasteiger partial charge in [-0.05, 0) is 53.9 Å². The summed E-state index contributed by atoms with van der Waals surface area (Å²) in [6.07, 6.45) is 4.51. The SMILES string of the molecule is CCNC1CCCC(S(=O)c2ccccc2Br)C1. The van der Waals surface area contributed by atoms with Crippen LogP contribution in [0, 0.1) is 0 Å². The van der Waals surface area contributed by atoms with Gasteiger partial charge in [-0.15, -0.1) is 0 Å². The monoisotopic (exact) mass is 329 g/mol. The Morgan fingerprint density at radius 1 is 1.39 bits per heavy atom. The maximum absolute atomic E-state index is 12.6. The smallest absolute Gasteiger partial charge is 0.0572 e. The summed E-state index contributed by atoms with van der Waals surface area (Å²) in [5, 5.41) is 3.78. The van der Waals surface area contributed by atoms with Crippen molar-refractivity contribution >= 4 is 26.7 Å². The Morgan fingerprint density at radius 2 is 2.17 bits per heavy atom. The zero-order valence-corrected chi connectivity index (χ0v) is 13.1. The Bertz CT molecular complexity index is 422. The van der Waals surface area contributed by atoms with Gasteiger partial charge in [-0.25, -0.2) is 0 Å². The van der Waals surface area contributed by atoms with Crippen LogP contribution in [-0.4, -0.2) is 22.0 Å². The first kappa shape index (κ1) is 14.2. The normalized spacial score (nSPS) is 25.9. The van der Waals surface area contributed by atoms with Crippen LogP contribution in [-0.2, 0) is 10.8 Å². The van der Waals surface area contributed by atoms with E-state index >= 15 is 0 Å². The van der Waals surface area contributed by atoms with Crippen molar-refractivity contribution in [3.05, 3.63) is 28.7 Å². The van der Waals surface area contributed by atoms with Crippen molar-refractivity contribution in [2.24, 2.45) is 0 Å². The van der Waals surface area contributed by atoms with Crippen LogP contribution in [0.3, 0.4) is 0 Å². The van der Waals surface area contributed by atoms with Crippen LogP contribution in [0.4, 0.5) is 0 Å². The van der Waals surface area contributed by atoms with Crippen LogP contribution in [0.1, 0.15) is 32.6 Å². The summed E-state index contributed by atoms with van der Waals surface area (Å²) in [7, 11) is -0.893. The van der Waals surface area contributed by atoms with Gasteiger partial charge in [0.1, 0.15) is 0 Å². The van der Waals surface area contributed by atoms with Crippen LogP contribution in [0.25, 0.3) is 0 Å². The van der Waals surface area contributed by atoms with Crippen molar-refractivity contribution in [2.45, 2.75) is 48.8 Å². The molecule has 0 bridgehead atoms. The second-order valence-electron chi connectivity index (χ2n) is 4.77. The molecule has 18 heavy (non-hydrogen) atoms. The molecular formula is C14H20BrNOS. The second-order valence-corrected chi connectivity index (χ2v) is 7.33. The minimum atomic E-state index is -0.893. The zero-order chi connectivity index (χ0) is 13.0. The summed E-state index contributed by atoms with van der Waals surface area (Å²) < 4.78 is 13.6. The first-order valence-electron chi connectivity index (χ1n) is 6.61. The molecular weight excluding hydrogens is 310 g/mol. The molecule has 0 radical (unpaired) electrons. The fourth-order valence-corrected chi connectivity index (χ4v) is 4.98. The molecule has 2 nitrogen and oxygen atoms in total. The van der Waals surface area contributed by atoms with Gasteiger partial charge in [-0.3, -0.25) is 4.21 Å². The lowest BCUT2D eigenvalue weighted by Crippen LogP contribution is -2.37. The molecule has 1 aromatic rings. The van der Waals surface area contributed by atoms with Crippen molar-refractivity contribution in [3.8, 4) is 0 Å². The maximum atomic E-state index is 12.6. The fraction of sp³-hybridized carbons (Fsp3) is 0.571.